The topological polar surface area (TPSA) is 35.6 Å². The molecule has 0 aliphatic rings. The van der Waals surface area contributed by atoms with Crippen LogP contribution in [0, 0.1) is 0 Å². The summed E-state index contributed by atoms with van der Waals surface area (Å²) in [5, 5.41) is 14.2. The van der Waals surface area contributed by atoms with Crippen molar-refractivity contribution in [2.75, 3.05) is 0 Å². The second-order valence-electron chi connectivity index (χ2n) is 15.7. The van der Waals surface area contributed by atoms with Crippen LogP contribution in [-0.2, 0) is 0 Å². The minimum Gasteiger partial charge on any atom is -0.309 e. The molecule has 10 aromatic carbocycles. The molecule has 0 aliphatic carbocycles. The molecule has 60 heavy (non-hydrogen) atoms. The first-order valence-corrected chi connectivity index (χ1v) is 20.5. The van der Waals surface area contributed by atoms with Crippen molar-refractivity contribution < 1.29 is 0 Å². The van der Waals surface area contributed by atoms with Gasteiger partial charge in [-0.1, -0.05) is 158 Å². The summed E-state index contributed by atoms with van der Waals surface area (Å²) in [6, 6.07) is 72.1. The van der Waals surface area contributed by atoms with Gasteiger partial charge < -0.3 is 4.57 Å². The molecule has 13 aromatic rings. The fourth-order valence-corrected chi connectivity index (χ4v) is 9.92. The predicted octanol–water partition coefficient (Wildman–Crippen LogP) is 14.6. The van der Waals surface area contributed by atoms with Gasteiger partial charge in [0.25, 0.3) is 0 Å². The molecular weight excluding hydrogens is 729 g/mol. The first-order chi connectivity index (χ1) is 29.8. The van der Waals surface area contributed by atoms with E-state index in [2.05, 4.69) is 216 Å². The molecule has 0 aliphatic heterocycles. The van der Waals surface area contributed by atoms with E-state index in [1.807, 2.05) is 0 Å². The fourth-order valence-electron chi connectivity index (χ4n) is 9.92. The average Bonchev–Trinajstić information content (AvgIpc) is 3.88. The second-order valence-corrected chi connectivity index (χ2v) is 15.7. The van der Waals surface area contributed by atoms with Crippen molar-refractivity contribution in [3.05, 3.63) is 206 Å². The van der Waals surface area contributed by atoms with E-state index in [-0.39, 0.29) is 0 Å². The summed E-state index contributed by atoms with van der Waals surface area (Å²) in [5.74, 6) is 1.70. The normalized spacial score (nSPS) is 12.0. The Hall–Kier alpha value is -8.08. The van der Waals surface area contributed by atoms with Crippen LogP contribution in [0.2, 0.25) is 0 Å². The predicted molar refractivity (Wildman–Crippen MR) is 252 cm³/mol. The van der Waals surface area contributed by atoms with Crippen LogP contribution in [0.4, 0.5) is 0 Å². The van der Waals surface area contributed by atoms with Gasteiger partial charge in [0, 0.05) is 49.9 Å². The molecule has 13 rings (SSSR count). The lowest BCUT2D eigenvalue weighted by Gasteiger charge is -2.18. The molecule has 278 valence electrons. The van der Waals surface area contributed by atoms with E-state index in [1.54, 1.807) is 0 Å². The number of nitrogens with zero attached hydrogens (tertiary/aromatic N) is 4. The number of pyridine rings is 1. The Bertz CT molecular complexity index is 3780. The van der Waals surface area contributed by atoms with Crippen molar-refractivity contribution in [2.45, 2.75) is 0 Å². The SMILES string of the molecule is c1ccc2c(-c3cnc(-n4c(-c5ccc(-n6c7ccccc7c7ccccc76)cc5)nc5c6ccccc6c6ccccc6c54)c4ccccc34)c3ccccc3cc2c1. The highest BCUT2D eigenvalue weighted by Crippen LogP contribution is 2.44. The molecule has 0 spiro atoms. The lowest BCUT2D eigenvalue weighted by atomic mass is 9.90. The largest absolute Gasteiger partial charge is 0.309 e. The summed E-state index contributed by atoms with van der Waals surface area (Å²) >= 11 is 0. The zero-order valence-corrected chi connectivity index (χ0v) is 32.4. The number of benzene rings is 10. The standard InChI is InChI=1S/C56H34N4/c1-3-17-39-36(15-1)33-37-16-2-4-18-40(37)52(39)49-34-57-56(48-26-10-7-21-43(48)49)60-54-47-25-9-6-20-42(47)41-19-5-8-24-46(41)53(54)58-55(60)35-29-31-38(32-30-35)59-50-27-13-11-22-44(50)45-23-12-14-28-51(45)59/h1-34H. The van der Waals surface area contributed by atoms with Crippen LogP contribution in [0.15, 0.2) is 206 Å². The number of imidazole rings is 1. The van der Waals surface area contributed by atoms with Crippen molar-refractivity contribution in [3.8, 4) is 34.0 Å². The van der Waals surface area contributed by atoms with Crippen LogP contribution in [0.3, 0.4) is 0 Å². The van der Waals surface area contributed by atoms with Crippen LogP contribution in [0.1, 0.15) is 0 Å². The van der Waals surface area contributed by atoms with Crippen LogP contribution < -0.4 is 0 Å². The van der Waals surface area contributed by atoms with Gasteiger partial charge in [0.15, 0.2) is 0 Å². The van der Waals surface area contributed by atoms with Gasteiger partial charge in [0.2, 0.25) is 0 Å². The van der Waals surface area contributed by atoms with Crippen molar-refractivity contribution in [1.82, 2.24) is 19.1 Å². The van der Waals surface area contributed by atoms with Crippen molar-refractivity contribution in [3.63, 3.8) is 0 Å². The second kappa shape index (κ2) is 12.7. The van der Waals surface area contributed by atoms with E-state index in [4.69, 9.17) is 9.97 Å². The Kier molecular flexibility index (Phi) is 6.98. The van der Waals surface area contributed by atoms with Crippen LogP contribution >= 0.6 is 0 Å². The molecule has 4 nitrogen and oxygen atoms in total. The van der Waals surface area contributed by atoms with Crippen molar-refractivity contribution in [1.29, 1.82) is 0 Å². The van der Waals surface area contributed by atoms with E-state index in [9.17, 15) is 0 Å². The number of rotatable bonds is 4. The van der Waals surface area contributed by atoms with Gasteiger partial charge in [0.1, 0.15) is 11.6 Å². The number of hydrogen-bond acceptors (Lipinski definition) is 2. The maximum atomic E-state index is 5.62. The zero-order valence-electron chi connectivity index (χ0n) is 32.4. The number of para-hydroxylation sites is 2. The van der Waals surface area contributed by atoms with Crippen LogP contribution in [-0.4, -0.2) is 19.1 Å². The summed E-state index contributed by atoms with van der Waals surface area (Å²) in [5.41, 5.74) is 8.81. The molecule has 0 saturated heterocycles. The van der Waals surface area contributed by atoms with Gasteiger partial charge in [-0.3, -0.25) is 4.57 Å². The van der Waals surface area contributed by atoms with E-state index < -0.39 is 0 Å². The quantitative estimate of drug-likeness (QED) is 0.132. The highest BCUT2D eigenvalue weighted by atomic mass is 15.1. The molecule has 0 fully saturated rings. The Morgan fingerprint density at radius 2 is 0.850 bits per heavy atom. The third-order valence-electron chi connectivity index (χ3n) is 12.5. The molecule has 0 unspecified atom stereocenters. The summed E-state index contributed by atoms with van der Waals surface area (Å²) in [4.78, 5) is 11.1. The summed E-state index contributed by atoms with van der Waals surface area (Å²) in [6.45, 7) is 0. The molecule has 3 aromatic heterocycles. The molecule has 4 heteroatoms. The summed E-state index contributed by atoms with van der Waals surface area (Å²) in [7, 11) is 0. The molecule has 0 bridgehead atoms. The fraction of sp³-hybridized carbons (Fsp3) is 0. The highest BCUT2D eigenvalue weighted by molar-refractivity contribution is 6.25. The minimum atomic E-state index is 0.848. The van der Waals surface area contributed by atoms with Gasteiger partial charge in [-0.2, -0.15) is 0 Å². The van der Waals surface area contributed by atoms with Crippen LogP contribution in [0.25, 0.3) is 121 Å². The maximum absolute atomic E-state index is 5.62. The van der Waals surface area contributed by atoms with E-state index >= 15 is 0 Å². The number of aromatic nitrogens is 4. The van der Waals surface area contributed by atoms with Crippen LogP contribution in [0.5, 0.6) is 0 Å². The molecular formula is C56H34N4. The molecule has 0 radical (unpaired) electrons. The van der Waals surface area contributed by atoms with E-state index in [1.165, 1.54) is 59.7 Å². The van der Waals surface area contributed by atoms with Gasteiger partial charge in [-0.15, -0.1) is 0 Å². The van der Waals surface area contributed by atoms with Gasteiger partial charge in [-0.05, 0) is 85.7 Å². The Labute approximate surface area is 344 Å². The van der Waals surface area contributed by atoms with Gasteiger partial charge in [-0.25, -0.2) is 9.97 Å². The Balaban J connectivity index is 1.11. The Morgan fingerprint density at radius 1 is 0.367 bits per heavy atom. The van der Waals surface area contributed by atoms with Crippen molar-refractivity contribution in [2.24, 2.45) is 0 Å². The molecule has 0 saturated carbocycles. The minimum absolute atomic E-state index is 0.848. The molecule has 0 N–H and O–H groups in total. The lowest BCUT2D eigenvalue weighted by molar-refractivity contribution is 1.05. The molecule has 0 amide bonds. The van der Waals surface area contributed by atoms with Gasteiger partial charge in [0.05, 0.1) is 22.1 Å². The first-order valence-electron chi connectivity index (χ1n) is 20.5. The van der Waals surface area contributed by atoms with E-state index in [0.29, 0.717) is 0 Å². The monoisotopic (exact) mass is 762 g/mol. The summed E-state index contributed by atoms with van der Waals surface area (Å²) in [6.07, 6.45) is 2.09. The van der Waals surface area contributed by atoms with E-state index in [0.717, 1.165) is 61.0 Å². The molecule has 0 atom stereocenters. The zero-order chi connectivity index (χ0) is 39.3. The van der Waals surface area contributed by atoms with Crippen molar-refractivity contribution >= 4 is 86.7 Å². The number of fused-ring (bicyclic) bond motifs is 12. The van der Waals surface area contributed by atoms with Gasteiger partial charge >= 0.3 is 0 Å². The maximum Gasteiger partial charge on any atom is 0.146 e. The average molecular weight is 763 g/mol. The molecule has 3 heterocycles. The summed E-state index contributed by atoms with van der Waals surface area (Å²) < 4.78 is 4.69. The first kappa shape index (κ1) is 32.9. The number of hydrogen-bond donors (Lipinski definition) is 0. The smallest absolute Gasteiger partial charge is 0.146 e. The highest BCUT2D eigenvalue weighted by Gasteiger charge is 2.24. The third-order valence-corrected chi connectivity index (χ3v) is 12.5. The third kappa shape index (κ3) is 4.67. The lowest BCUT2D eigenvalue weighted by Crippen LogP contribution is -2.03. The Morgan fingerprint density at radius 3 is 1.48 bits per heavy atom.